The van der Waals surface area contributed by atoms with Gasteiger partial charge in [-0.1, -0.05) is 68.4 Å². The Morgan fingerprint density at radius 3 is 2.28 bits per heavy atom. The number of rotatable bonds is 7. The second-order valence-corrected chi connectivity index (χ2v) is 7.97. The first kappa shape index (κ1) is 21.1. The summed E-state index contributed by atoms with van der Waals surface area (Å²) in [4.78, 5) is 27.3. The fourth-order valence-corrected chi connectivity index (χ4v) is 4.26. The summed E-state index contributed by atoms with van der Waals surface area (Å²) >= 11 is 0. The van der Waals surface area contributed by atoms with Gasteiger partial charge in [0.15, 0.2) is 0 Å². The lowest BCUT2D eigenvalue weighted by molar-refractivity contribution is -0.140. The number of carbonyl (C=O) groups excluding carboxylic acids is 2. The molecule has 2 aromatic rings. The highest BCUT2D eigenvalue weighted by molar-refractivity contribution is 5.84. The number of hydrogen-bond acceptors (Lipinski definition) is 2. The molecular weight excluding hydrogens is 360 g/mol. The molecule has 2 amide bonds. The molecule has 1 heterocycles. The average Bonchev–Trinajstić information content (AvgIpc) is 2.78. The van der Waals surface area contributed by atoms with Crippen LogP contribution in [0.5, 0.6) is 0 Å². The van der Waals surface area contributed by atoms with Crippen LogP contribution in [0.3, 0.4) is 0 Å². The molecule has 0 saturated carbocycles. The predicted octanol–water partition coefficient (Wildman–Crippen LogP) is 4.44. The first-order valence-electron chi connectivity index (χ1n) is 10.8. The molecule has 154 valence electrons. The summed E-state index contributed by atoms with van der Waals surface area (Å²) in [6.07, 6.45) is 3.55. The number of hydrogen-bond donors (Lipinski definition) is 1. The Hall–Kier alpha value is -2.62. The van der Waals surface area contributed by atoms with E-state index in [1.807, 2.05) is 30.0 Å². The molecule has 1 fully saturated rings. The van der Waals surface area contributed by atoms with Crippen LogP contribution in [0.1, 0.15) is 45.1 Å². The van der Waals surface area contributed by atoms with Gasteiger partial charge in [0.05, 0.1) is 5.41 Å². The summed E-state index contributed by atoms with van der Waals surface area (Å²) in [5.41, 5.74) is 3.08. The van der Waals surface area contributed by atoms with Gasteiger partial charge >= 0.3 is 0 Å². The third kappa shape index (κ3) is 4.87. The highest BCUT2D eigenvalue weighted by atomic mass is 16.2. The minimum absolute atomic E-state index is 0.130. The topological polar surface area (TPSA) is 49.4 Å². The van der Waals surface area contributed by atoms with Gasteiger partial charge in [-0.15, -0.1) is 0 Å². The van der Waals surface area contributed by atoms with Crippen LogP contribution >= 0.6 is 0 Å². The van der Waals surface area contributed by atoms with Gasteiger partial charge in [0.1, 0.15) is 0 Å². The third-order valence-corrected chi connectivity index (χ3v) is 6.02. The van der Waals surface area contributed by atoms with Crippen LogP contribution in [0, 0.1) is 5.41 Å². The summed E-state index contributed by atoms with van der Waals surface area (Å²) in [6.45, 7) is 5.96. The standard InChI is InChI=1S/C25H32N2O2/c1-3-16-26-24(29)25(14-17-27(18-15-25)23(28)4-2)19-21-12-8-9-13-22(21)20-10-6-5-7-11-20/h5-13H,3-4,14-19H2,1-2H3,(H,26,29). The molecule has 0 unspecified atom stereocenters. The molecule has 29 heavy (non-hydrogen) atoms. The first-order valence-corrected chi connectivity index (χ1v) is 10.8. The number of piperidine rings is 1. The smallest absolute Gasteiger partial charge is 0.226 e. The van der Waals surface area contributed by atoms with Crippen molar-refractivity contribution in [2.75, 3.05) is 19.6 Å². The maximum Gasteiger partial charge on any atom is 0.226 e. The Kier molecular flexibility index (Phi) is 7.08. The lowest BCUT2D eigenvalue weighted by atomic mass is 9.72. The number of benzene rings is 2. The van der Waals surface area contributed by atoms with Crippen molar-refractivity contribution >= 4 is 11.8 Å². The normalized spacial score (nSPS) is 15.7. The molecule has 1 aliphatic heterocycles. The van der Waals surface area contributed by atoms with E-state index in [2.05, 4.69) is 48.6 Å². The summed E-state index contributed by atoms with van der Waals surface area (Å²) in [5.74, 6) is 0.308. The zero-order valence-electron chi connectivity index (χ0n) is 17.6. The molecule has 4 heteroatoms. The highest BCUT2D eigenvalue weighted by Crippen LogP contribution is 2.38. The van der Waals surface area contributed by atoms with Crippen molar-refractivity contribution in [1.29, 1.82) is 0 Å². The Morgan fingerprint density at radius 1 is 0.966 bits per heavy atom. The summed E-state index contributed by atoms with van der Waals surface area (Å²) in [7, 11) is 0. The van der Waals surface area contributed by atoms with Crippen LogP contribution in [0.15, 0.2) is 54.6 Å². The number of nitrogens with zero attached hydrogens (tertiary/aromatic N) is 1. The summed E-state index contributed by atoms with van der Waals surface area (Å²) in [6, 6.07) is 18.7. The molecule has 0 aromatic heterocycles. The van der Waals surface area contributed by atoms with Crippen molar-refractivity contribution < 1.29 is 9.59 Å². The largest absolute Gasteiger partial charge is 0.356 e. The van der Waals surface area contributed by atoms with Crippen LogP contribution in [0.25, 0.3) is 11.1 Å². The fourth-order valence-electron chi connectivity index (χ4n) is 4.26. The van der Waals surface area contributed by atoms with E-state index in [-0.39, 0.29) is 11.8 Å². The van der Waals surface area contributed by atoms with E-state index in [9.17, 15) is 9.59 Å². The van der Waals surface area contributed by atoms with E-state index >= 15 is 0 Å². The molecule has 0 radical (unpaired) electrons. The maximum absolute atomic E-state index is 13.3. The third-order valence-electron chi connectivity index (χ3n) is 6.02. The van der Waals surface area contributed by atoms with Crippen molar-refractivity contribution in [3.63, 3.8) is 0 Å². The Labute approximate surface area is 174 Å². The van der Waals surface area contributed by atoms with Gasteiger partial charge in [0, 0.05) is 26.1 Å². The van der Waals surface area contributed by atoms with Crippen LogP contribution < -0.4 is 5.32 Å². The fraction of sp³-hybridized carbons (Fsp3) is 0.440. The van der Waals surface area contributed by atoms with Gasteiger partial charge in [0.25, 0.3) is 0 Å². The minimum atomic E-state index is -0.468. The lowest BCUT2D eigenvalue weighted by Gasteiger charge is -2.41. The minimum Gasteiger partial charge on any atom is -0.356 e. The summed E-state index contributed by atoms with van der Waals surface area (Å²) < 4.78 is 0. The highest BCUT2D eigenvalue weighted by Gasteiger charge is 2.42. The van der Waals surface area contributed by atoms with Gasteiger partial charge < -0.3 is 10.2 Å². The van der Waals surface area contributed by atoms with Crippen molar-refractivity contribution in [2.45, 2.75) is 46.0 Å². The quantitative estimate of drug-likeness (QED) is 0.757. The molecular formula is C25H32N2O2. The lowest BCUT2D eigenvalue weighted by Crippen LogP contribution is -2.51. The molecule has 1 N–H and O–H groups in total. The molecule has 0 spiro atoms. The van der Waals surface area contributed by atoms with Crippen LogP contribution in [-0.2, 0) is 16.0 Å². The number of carbonyl (C=O) groups is 2. The number of nitrogens with one attached hydrogen (secondary N) is 1. The first-order chi connectivity index (χ1) is 14.1. The van der Waals surface area contributed by atoms with Crippen LogP contribution in [0.4, 0.5) is 0 Å². The Morgan fingerprint density at radius 2 is 1.62 bits per heavy atom. The molecule has 0 bridgehead atoms. The maximum atomic E-state index is 13.3. The Bertz CT molecular complexity index is 824. The molecule has 1 aliphatic rings. The van der Waals surface area contributed by atoms with Crippen molar-refractivity contribution in [1.82, 2.24) is 10.2 Å². The van der Waals surface area contributed by atoms with E-state index in [4.69, 9.17) is 0 Å². The molecule has 0 aliphatic carbocycles. The van der Waals surface area contributed by atoms with Crippen LogP contribution in [-0.4, -0.2) is 36.3 Å². The molecule has 0 atom stereocenters. The Balaban J connectivity index is 1.89. The van der Waals surface area contributed by atoms with E-state index in [1.54, 1.807) is 0 Å². The predicted molar refractivity (Wildman–Crippen MR) is 117 cm³/mol. The van der Waals surface area contributed by atoms with E-state index < -0.39 is 5.41 Å². The van der Waals surface area contributed by atoms with Crippen LogP contribution in [0.2, 0.25) is 0 Å². The average molecular weight is 393 g/mol. The van der Waals surface area contributed by atoms with Gasteiger partial charge in [-0.2, -0.15) is 0 Å². The zero-order valence-corrected chi connectivity index (χ0v) is 17.6. The van der Waals surface area contributed by atoms with E-state index in [1.165, 1.54) is 16.7 Å². The van der Waals surface area contributed by atoms with Gasteiger partial charge in [-0.05, 0) is 42.4 Å². The second kappa shape index (κ2) is 9.73. The van der Waals surface area contributed by atoms with Gasteiger partial charge in [0.2, 0.25) is 11.8 Å². The molecule has 1 saturated heterocycles. The molecule has 3 rings (SSSR count). The van der Waals surface area contributed by atoms with Crippen molar-refractivity contribution in [3.05, 3.63) is 60.2 Å². The zero-order chi connectivity index (χ0) is 20.7. The van der Waals surface area contributed by atoms with Crippen molar-refractivity contribution in [3.8, 4) is 11.1 Å². The van der Waals surface area contributed by atoms with Gasteiger partial charge in [-0.3, -0.25) is 9.59 Å². The monoisotopic (exact) mass is 392 g/mol. The van der Waals surface area contributed by atoms with Crippen molar-refractivity contribution in [2.24, 2.45) is 5.41 Å². The van der Waals surface area contributed by atoms with Gasteiger partial charge in [-0.25, -0.2) is 0 Å². The van der Waals surface area contributed by atoms with E-state index in [0.29, 0.717) is 45.3 Å². The SMILES string of the molecule is CCCNC(=O)C1(Cc2ccccc2-c2ccccc2)CCN(C(=O)CC)CC1. The number of likely N-dealkylation sites (tertiary alicyclic amines) is 1. The van der Waals surface area contributed by atoms with E-state index in [0.717, 1.165) is 6.42 Å². The number of amides is 2. The molecule has 4 nitrogen and oxygen atoms in total. The second-order valence-electron chi connectivity index (χ2n) is 7.97. The summed E-state index contributed by atoms with van der Waals surface area (Å²) in [5, 5.41) is 3.14. The molecule has 2 aromatic carbocycles.